The summed E-state index contributed by atoms with van der Waals surface area (Å²) in [4.78, 5) is 33.4. The van der Waals surface area contributed by atoms with E-state index in [1.807, 2.05) is 0 Å². The van der Waals surface area contributed by atoms with Crippen LogP contribution in [0.3, 0.4) is 0 Å². The van der Waals surface area contributed by atoms with Crippen LogP contribution in [0.2, 0.25) is 0 Å². The van der Waals surface area contributed by atoms with Gasteiger partial charge in [-0.2, -0.15) is 0 Å². The summed E-state index contributed by atoms with van der Waals surface area (Å²) >= 11 is 0. The van der Waals surface area contributed by atoms with Crippen LogP contribution in [0.4, 0.5) is 4.79 Å². The molecule has 0 rings (SSSR count). The van der Waals surface area contributed by atoms with Crippen molar-refractivity contribution < 1.29 is 29.0 Å². The summed E-state index contributed by atoms with van der Waals surface area (Å²) in [6, 6.07) is -1.74. The molecule has 0 aliphatic carbocycles. The van der Waals surface area contributed by atoms with Crippen LogP contribution in [0.5, 0.6) is 0 Å². The number of amides is 2. The summed E-state index contributed by atoms with van der Waals surface area (Å²) < 4.78 is 9.67. The van der Waals surface area contributed by atoms with Gasteiger partial charge in [-0.3, -0.25) is 4.79 Å². The zero-order chi connectivity index (χ0) is 16.1. The Balaban J connectivity index is 3.90. The first-order valence-corrected chi connectivity index (χ1v) is 6.93. The Kier molecular flexibility index (Phi) is 10.9. The number of ether oxygens (including phenoxy) is 2. The third kappa shape index (κ3) is 10.6. The van der Waals surface area contributed by atoms with Gasteiger partial charge in [0.15, 0.2) is 0 Å². The molecule has 0 bridgehead atoms. The first kappa shape index (κ1) is 19.2. The first-order chi connectivity index (χ1) is 10.0. The number of carbonyl (C=O) groups is 3. The molecule has 122 valence electrons. The highest BCUT2D eigenvalue weighted by Gasteiger charge is 2.20. The fraction of sp³-hybridized carbons (Fsp3) is 0.769. The minimum Gasteiger partial charge on any atom is -0.480 e. The zero-order valence-electron chi connectivity index (χ0n) is 12.5. The summed E-state index contributed by atoms with van der Waals surface area (Å²) in [5.74, 6) is -1.72. The maximum absolute atomic E-state index is 11.5. The molecule has 0 fully saturated rings. The summed E-state index contributed by atoms with van der Waals surface area (Å²) in [5, 5.41) is 13.7. The fourth-order valence-corrected chi connectivity index (χ4v) is 1.42. The lowest BCUT2D eigenvalue weighted by atomic mass is 10.1. The highest BCUT2D eigenvalue weighted by molar-refractivity contribution is 5.83. The molecule has 3 N–H and O–H groups in total. The van der Waals surface area contributed by atoms with E-state index in [1.165, 1.54) is 7.11 Å². The third-order valence-corrected chi connectivity index (χ3v) is 2.64. The van der Waals surface area contributed by atoms with Crippen molar-refractivity contribution in [1.29, 1.82) is 0 Å². The van der Waals surface area contributed by atoms with Gasteiger partial charge in [0, 0.05) is 19.6 Å². The number of hydrogen-bond acceptors (Lipinski definition) is 5. The number of esters is 1. The van der Waals surface area contributed by atoms with Crippen molar-refractivity contribution in [2.24, 2.45) is 0 Å². The van der Waals surface area contributed by atoms with Crippen molar-refractivity contribution in [3.8, 4) is 0 Å². The largest absolute Gasteiger partial charge is 0.480 e. The average molecular weight is 304 g/mol. The van der Waals surface area contributed by atoms with Crippen molar-refractivity contribution in [1.82, 2.24) is 10.6 Å². The van der Waals surface area contributed by atoms with Crippen LogP contribution in [0, 0.1) is 0 Å². The monoisotopic (exact) mass is 304 g/mol. The number of unbranched alkanes of at least 4 members (excludes halogenated alkanes) is 1. The number of methoxy groups -OCH3 is 1. The highest BCUT2D eigenvalue weighted by atomic mass is 16.5. The predicted molar refractivity (Wildman–Crippen MR) is 74.9 cm³/mol. The van der Waals surface area contributed by atoms with Crippen LogP contribution in [0.15, 0.2) is 0 Å². The average Bonchev–Trinajstić information content (AvgIpc) is 2.46. The van der Waals surface area contributed by atoms with Crippen LogP contribution < -0.4 is 10.6 Å². The van der Waals surface area contributed by atoms with Gasteiger partial charge in [-0.25, -0.2) is 9.59 Å². The molecule has 1 atom stereocenters. The Morgan fingerprint density at radius 3 is 2.52 bits per heavy atom. The first-order valence-electron chi connectivity index (χ1n) is 6.93. The highest BCUT2D eigenvalue weighted by Crippen LogP contribution is 1.99. The number of urea groups is 1. The molecule has 0 radical (unpaired) electrons. The molecule has 8 nitrogen and oxygen atoms in total. The Morgan fingerprint density at radius 2 is 1.95 bits per heavy atom. The van der Waals surface area contributed by atoms with Crippen molar-refractivity contribution in [3.63, 3.8) is 0 Å². The van der Waals surface area contributed by atoms with Crippen LogP contribution in [0.25, 0.3) is 0 Å². The lowest BCUT2D eigenvalue weighted by Gasteiger charge is -2.14. The van der Waals surface area contributed by atoms with E-state index in [1.54, 1.807) is 0 Å². The minimum absolute atomic E-state index is 0.0254. The van der Waals surface area contributed by atoms with E-state index in [2.05, 4.69) is 22.3 Å². The van der Waals surface area contributed by atoms with Gasteiger partial charge < -0.3 is 25.2 Å². The van der Waals surface area contributed by atoms with Gasteiger partial charge in [0.05, 0.1) is 13.7 Å². The maximum Gasteiger partial charge on any atom is 0.326 e. The van der Waals surface area contributed by atoms with E-state index in [-0.39, 0.29) is 12.8 Å². The Hall–Kier alpha value is -1.83. The number of carbonyl (C=O) groups excluding carboxylic acids is 2. The normalized spacial score (nSPS) is 11.5. The van der Waals surface area contributed by atoms with Crippen molar-refractivity contribution in [2.45, 2.75) is 38.6 Å². The zero-order valence-corrected chi connectivity index (χ0v) is 12.5. The standard InChI is InChI=1S/C13H24N2O6/c1-3-4-8-21-9-7-14-13(19)15-10(12(17)18)5-6-11(16)20-2/h10H,3-9H2,1-2H3,(H,17,18)(H2,14,15,19)/t10-/m0/s1. The molecule has 0 saturated carbocycles. The fourth-order valence-electron chi connectivity index (χ4n) is 1.42. The van der Waals surface area contributed by atoms with Gasteiger partial charge in [0.25, 0.3) is 0 Å². The number of aliphatic carboxylic acids is 1. The van der Waals surface area contributed by atoms with Crippen molar-refractivity contribution in [3.05, 3.63) is 0 Å². The van der Waals surface area contributed by atoms with E-state index in [4.69, 9.17) is 9.84 Å². The number of carboxylic acid groups (broad SMARTS) is 1. The van der Waals surface area contributed by atoms with Gasteiger partial charge in [0.2, 0.25) is 0 Å². The van der Waals surface area contributed by atoms with Crippen LogP contribution in [-0.4, -0.2) is 56.0 Å². The van der Waals surface area contributed by atoms with Crippen molar-refractivity contribution >= 4 is 18.0 Å². The minimum atomic E-state index is -1.20. The Morgan fingerprint density at radius 1 is 1.24 bits per heavy atom. The molecule has 0 aromatic rings. The van der Waals surface area contributed by atoms with Crippen molar-refractivity contribution in [2.75, 3.05) is 26.9 Å². The molecule has 0 aromatic carbocycles. The molecular formula is C13H24N2O6. The Bertz CT molecular complexity index is 335. The lowest BCUT2D eigenvalue weighted by molar-refractivity contribution is -0.142. The molecule has 0 unspecified atom stereocenters. The number of rotatable bonds is 11. The molecule has 0 aromatic heterocycles. The van der Waals surface area contributed by atoms with E-state index >= 15 is 0 Å². The molecule has 0 aliphatic heterocycles. The predicted octanol–water partition coefficient (Wildman–Crippen LogP) is 0.509. The number of hydrogen-bond donors (Lipinski definition) is 3. The number of carboxylic acids is 1. The summed E-state index contributed by atoms with van der Waals surface area (Å²) in [5.41, 5.74) is 0. The summed E-state index contributed by atoms with van der Waals surface area (Å²) in [6.07, 6.45) is 1.89. The smallest absolute Gasteiger partial charge is 0.326 e. The third-order valence-electron chi connectivity index (χ3n) is 2.64. The van der Waals surface area contributed by atoms with Gasteiger partial charge in [-0.15, -0.1) is 0 Å². The maximum atomic E-state index is 11.5. The van der Waals surface area contributed by atoms with Gasteiger partial charge in [-0.05, 0) is 12.8 Å². The van der Waals surface area contributed by atoms with Gasteiger partial charge in [-0.1, -0.05) is 13.3 Å². The van der Waals surface area contributed by atoms with Crippen LogP contribution in [0.1, 0.15) is 32.6 Å². The molecule has 2 amide bonds. The molecule has 0 aliphatic rings. The summed E-state index contributed by atoms with van der Waals surface area (Å²) in [7, 11) is 1.22. The van der Waals surface area contributed by atoms with E-state index < -0.39 is 24.0 Å². The second-order valence-corrected chi connectivity index (χ2v) is 4.37. The van der Waals surface area contributed by atoms with E-state index in [9.17, 15) is 14.4 Å². The lowest BCUT2D eigenvalue weighted by Crippen LogP contribution is -2.46. The molecule has 0 heterocycles. The molecular weight excluding hydrogens is 280 g/mol. The van der Waals surface area contributed by atoms with E-state index in [0.717, 1.165) is 12.8 Å². The quantitative estimate of drug-likeness (QED) is 0.378. The topological polar surface area (TPSA) is 114 Å². The Labute approximate surface area is 124 Å². The van der Waals surface area contributed by atoms with Crippen LogP contribution in [-0.2, 0) is 19.1 Å². The summed E-state index contributed by atoms with van der Waals surface area (Å²) in [6.45, 7) is 3.35. The van der Waals surface area contributed by atoms with E-state index in [0.29, 0.717) is 19.8 Å². The molecule has 0 saturated heterocycles. The van der Waals surface area contributed by atoms with Gasteiger partial charge >= 0.3 is 18.0 Å². The van der Waals surface area contributed by atoms with Crippen LogP contribution >= 0.6 is 0 Å². The second-order valence-electron chi connectivity index (χ2n) is 4.37. The second kappa shape index (κ2) is 12.0. The SMILES string of the molecule is CCCCOCCNC(=O)N[C@@H](CCC(=O)OC)C(=O)O. The molecule has 0 spiro atoms. The van der Waals surface area contributed by atoms with Gasteiger partial charge in [0.1, 0.15) is 6.04 Å². The molecule has 21 heavy (non-hydrogen) atoms. The molecule has 8 heteroatoms. The number of nitrogens with one attached hydrogen (secondary N) is 2.